The summed E-state index contributed by atoms with van der Waals surface area (Å²) in [5.74, 6) is 1.08. The van der Waals surface area contributed by atoms with Gasteiger partial charge in [0.15, 0.2) is 0 Å². The van der Waals surface area contributed by atoms with Crippen LogP contribution in [0.4, 0.5) is 0 Å². The van der Waals surface area contributed by atoms with Gasteiger partial charge in [-0.05, 0) is 94.8 Å². The summed E-state index contributed by atoms with van der Waals surface area (Å²) in [6.07, 6.45) is 6.76. The Labute approximate surface area is 304 Å². The third kappa shape index (κ3) is 4.32. The predicted octanol–water partition coefficient (Wildman–Crippen LogP) is 13.9. The number of ether oxygens (including phenoxy) is 1. The van der Waals surface area contributed by atoms with Crippen LogP contribution in [-0.2, 0) is 0 Å². The first-order valence-corrected chi connectivity index (χ1v) is 19.2. The molecule has 0 saturated carbocycles. The Bertz CT molecular complexity index is 2780. The lowest BCUT2D eigenvalue weighted by Crippen LogP contribution is -2.21. The van der Waals surface area contributed by atoms with E-state index in [9.17, 15) is 0 Å². The van der Waals surface area contributed by atoms with Crippen molar-refractivity contribution in [3.63, 3.8) is 0 Å². The zero-order valence-electron chi connectivity index (χ0n) is 27.5. The van der Waals surface area contributed by atoms with Crippen LogP contribution in [0.5, 0.6) is 5.75 Å². The van der Waals surface area contributed by atoms with Crippen LogP contribution in [0, 0.1) is 0 Å². The molecule has 0 fully saturated rings. The first-order chi connectivity index (χ1) is 25.3. The van der Waals surface area contributed by atoms with Crippen molar-refractivity contribution in [2.24, 2.45) is 0 Å². The number of benzene rings is 7. The summed E-state index contributed by atoms with van der Waals surface area (Å²) in [5.41, 5.74) is 8.90. The topological polar surface area (TPSA) is 9.23 Å². The summed E-state index contributed by atoms with van der Waals surface area (Å²) in [6, 6.07) is 51.3. The highest BCUT2D eigenvalue weighted by Gasteiger charge is 2.38. The van der Waals surface area contributed by atoms with Crippen LogP contribution in [-0.4, -0.2) is 6.10 Å². The van der Waals surface area contributed by atoms with Gasteiger partial charge < -0.3 is 4.74 Å². The second-order valence-corrected chi connectivity index (χ2v) is 15.4. The second kappa shape index (κ2) is 11.4. The molecule has 7 aromatic carbocycles. The maximum atomic E-state index is 7.00. The largest absolute Gasteiger partial charge is 0.484 e. The van der Waals surface area contributed by atoms with Crippen molar-refractivity contribution in [1.29, 1.82) is 0 Å². The molecule has 2 aliphatic rings. The summed E-state index contributed by atoms with van der Waals surface area (Å²) in [4.78, 5) is 2.60. The molecule has 0 radical (unpaired) electrons. The van der Waals surface area contributed by atoms with Crippen LogP contribution < -0.4 is 4.74 Å². The van der Waals surface area contributed by atoms with E-state index in [-0.39, 0.29) is 12.0 Å². The van der Waals surface area contributed by atoms with Crippen molar-refractivity contribution >= 4 is 71.3 Å². The molecule has 0 saturated heterocycles. The molecule has 0 spiro atoms. The van der Waals surface area contributed by atoms with E-state index in [1.165, 1.54) is 91.8 Å². The normalized spacial score (nSPS) is 16.4. The van der Waals surface area contributed by atoms with Gasteiger partial charge in [0, 0.05) is 37.9 Å². The first kappa shape index (κ1) is 29.0. The number of rotatable bonds is 4. The highest BCUT2D eigenvalue weighted by molar-refractivity contribution is 7.14. The Hall–Kier alpha value is -5.74. The molecule has 240 valence electrons. The van der Waals surface area contributed by atoms with Gasteiger partial charge in [-0.1, -0.05) is 133 Å². The van der Waals surface area contributed by atoms with Gasteiger partial charge in [-0.25, -0.2) is 0 Å². The third-order valence-electron chi connectivity index (χ3n) is 10.8. The van der Waals surface area contributed by atoms with Crippen molar-refractivity contribution < 1.29 is 4.74 Å². The minimum absolute atomic E-state index is 0.109. The molecule has 3 heteroatoms. The van der Waals surface area contributed by atoms with Gasteiger partial charge in [0.2, 0.25) is 0 Å². The molecular weight excluding hydrogens is 657 g/mol. The molecule has 9 aromatic rings. The Kier molecular flexibility index (Phi) is 6.49. The molecule has 1 aliphatic carbocycles. The van der Waals surface area contributed by atoms with Gasteiger partial charge in [0.05, 0.1) is 0 Å². The molecule has 1 aliphatic heterocycles. The predicted molar refractivity (Wildman–Crippen MR) is 219 cm³/mol. The van der Waals surface area contributed by atoms with Gasteiger partial charge in [0.25, 0.3) is 0 Å². The smallest absolute Gasteiger partial charge is 0.135 e. The zero-order valence-corrected chi connectivity index (χ0v) is 29.2. The maximum absolute atomic E-state index is 7.00. The number of thiophene rings is 2. The van der Waals surface area contributed by atoms with E-state index in [2.05, 4.69) is 169 Å². The van der Waals surface area contributed by atoms with Crippen LogP contribution in [0.3, 0.4) is 0 Å². The van der Waals surface area contributed by atoms with E-state index in [1.807, 2.05) is 0 Å². The monoisotopic (exact) mass is 686 g/mol. The molecule has 2 atom stereocenters. The van der Waals surface area contributed by atoms with Crippen LogP contribution >= 0.6 is 22.7 Å². The van der Waals surface area contributed by atoms with E-state index >= 15 is 0 Å². The number of hydrogen-bond acceptors (Lipinski definition) is 3. The fraction of sp³-hybridized carbons (Fsp3) is 0.0417. The fourth-order valence-electron chi connectivity index (χ4n) is 8.76. The van der Waals surface area contributed by atoms with Gasteiger partial charge in [-0.2, -0.15) is 0 Å². The lowest BCUT2D eigenvalue weighted by Gasteiger charge is -2.26. The minimum atomic E-state index is -0.116. The summed E-state index contributed by atoms with van der Waals surface area (Å²) >= 11 is 3.61. The summed E-state index contributed by atoms with van der Waals surface area (Å²) in [6.45, 7) is 0. The Morgan fingerprint density at radius 2 is 0.922 bits per heavy atom. The molecular formula is C48H30OS2. The lowest BCUT2D eigenvalue weighted by atomic mass is 9.79. The molecule has 0 N–H and O–H groups in total. The average molecular weight is 687 g/mol. The van der Waals surface area contributed by atoms with Crippen molar-refractivity contribution in [1.82, 2.24) is 0 Å². The molecule has 51 heavy (non-hydrogen) atoms. The lowest BCUT2D eigenvalue weighted by molar-refractivity contribution is 0.278. The fourth-order valence-corrected chi connectivity index (χ4v) is 10.4. The maximum Gasteiger partial charge on any atom is 0.135 e. The van der Waals surface area contributed by atoms with Crippen LogP contribution in [0.15, 0.2) is 169 Å². The molecule has 2 unspecified atom stereocenters. The summed E-state index contributed by atoms with van der Waals surface area (Å²) in [7, 11) is 0. The van der Waals surface area contributed by atoms with Crippen molar-refractivity contribution in [2.75, 3.05) is 0 Å². The van der Waals surface area contributed by atoms with Gasteiger partial charge in [0.1, 0.15) is 11.9 Å². The molecule has 0 bridgehead atoms. The first-order valence-electron chi connectivity index (χ1n) is 17.5. The Balaban J connectivity index is 1.09. The standard InChI is InChI=1S/C48H30OS2/c1-5-16-34-30(12-1)44(31-13-2-6-17-35(31)46(34)42-22-10-26-50-42)29-24-25-41-40(28-29)38-20-9-21-39(48(38)49-41)45-32-14-3-7-18-36(32)47(43-23-11-27-51-43)37-19-8-4-15-33(37)45/h1-28,38,48H. The van der Waals surface area contributed by atoms with E-state index in [0.717, 1.165) is 5.75 Å². The third-order valence-corrected chi connectivity index (χ3v) is 12.6. The number of fused-ring (bicyclic) bond motifs is 7. The highest BCUT2D eigenvalue weighted by Crippen LogP contribution is 2.52. The summed E-state index contributed by atoms with van der Waals surface area (Å²) < 4.78 is 7.00. The number of hydrogen-bond donors (Lipinski definition) is 0. The zero-order chi connectivity index (χ0) is 33.5. The molecule has 2 aromatic heterocycles. The van der Waals surface area contributed by atoms with Crippen LogP contribution in [0.25, 0.3) is 80.7 Å². The van der Waals surface area contributed by atoms with Crippen molar-refractivity contribution in [2.45, 2.75) is 12.0 Å². The Morgan fingerprint density at radius 1 is 0.451 bits per heavy atom. The van der Waals surface area contributed by atoms with Crippen LogP contribution in [0.2, 0.25) is 0 Å². The quantitative estimate of drug-likeness (QED) is 0.167. The van der Waals surface area contributed by atoms with Gasteiger partial charge >= 0.3 is 0 Å². The Morgan fingerprint density at radius 3 is 1.39 bits per heavy atom. The van der Waals surface area contributed by atoms with E-state index in [1.54, 1.807) is 22.7 Å². The van der Waals surface area contributed by atoms with Gasteiger partial charge in [-0.3, -0.25) is 0 Å². The summed E-state index contributed by atoms with van der Waals surface area (Å²) in [5, 5.41) is 14.6. The second-order valence-electron chi connectivity index (χ2n) is 13.5. The van der Waals surface area contributed by atoms with Crippen molar-refractivity contribution in [3.05, 3.63) is 180 Å². The molecule has 1 nitrogen and oxygen atoms in total. The highest BCUT2D eigenvalue weighted by atomic mass is 32.1. The molecule has 0 amide bonds. The average Bonchev–Trinajstić information content (AvgIpc) is 3.98. The molecule has 11 rings (SSSR count). The SMILES string of the molecule is C1=CC2c3cc(-c4c5ccccc5c(-c5cccs5)c5ccccc45)ccc3OC2C(c2c3ccccc3c(-c3cccs3)c3ccccc23)=C1. The molecule has 3 heterocycles. The van der Waals surface area contributed by atoms with Gasteiger partial charge in [-0.15, -0.1) is 22.7 Å². The van der Waals surface area contributed by atoms with E-state index in [0.29, 0.717) is 0 Å². The van der Waals surface area contributed by atoms with Crippen molar-refractivity contribution in [3.8, 4) is 37.8 Å². The van der Waals surface area contributed by atoms with E-state index in [4.69, 9.17) is 4.74 Å². The van der Waals surface area contributed by atoms with Crippen LogP contribution in [0.1, 0.15) is 17.0 Å². The minimum Gasteiger partial charge on any atom is -0.484 e. The number of allylic oxidation sites excluding steroid dienone is 2. The van der Waals surface area contributed by atoms with E-state index < -0.39 is 0 Å².